The zero-order valence-corrected chi connectivity index (χ0v) is 13.2. The second-order valence-corrected chi connectivity index (χ2v) is 6.61. The summed E-state index contributed by atoms with van der Waals surface area (Å²) in [7, 11) is 0. The molecule has 1 N–H and O–H groups in total. The van der Waals surface area contributed by atoms with Gasteiger partial charge in [0.2, 0.25) is 0 Å². The van der Waals surface area contributed by atoms with Gasteiger partial charge in [0.05, 0.1) is 11.5 Å². The van der Waals surface area contributed by atoms with Gasteiger partial charge in [-0.15, -0.1) is 11.3 Å². The molecule has 0 saturated heterocycles. The van der Waals surface area contributed by atoms with Gasteiger partial charge in [-0.25, -0.2) is 4.68 Å². The van der Waals surface area contributed by atoms with Gasteiger partial charge in [0.15, 0.2) is 6.67 Å². The largest absolute Gasteiger partial charge is 0.312 e. The number of fused-ring (bicyclic) bond motifs is 1. The topological polar surface area (TPSA) is 65.4 Å². The van der Waals surface area contributed by atoms with Gasteiger partial charge in [0.1, 0.15) is 17.4 Å². The van der Waals surface area contributed by atoms with E-state index in [0.29, 0.717) is 24.1 Å². The normalized spacial score (nSPS) is 21.3. The Balaban J connectivity index is 1.85. The number of quaternary nitrogens is 1. The molecule has 21 heavy (non-hydrogen) atoms. The van der Waals surface area contributed by atoms with E-state index >= 15 is 0 Å². The van der Waals surface area contributed by atoms with Gasteiger partial charge in [-0.05, 0) is 32.2 Å². The van der Waals surface area contributed by atoms with E-state index in [9.17, 15) is 10.1 Å². The molecule has 2 aromatic rings. The lowest BCUT2D eigenvalue weighted by Crippen LogP contribution is -3.12. The first kappa shape index (κ1) is 14.2. The number of rotatable bonds is 3. The number of aromatic nitrogens is 2. The predicted molar refractivity (Wildman–Crippen MR) is 80.6 cm³/mol. The van der Waals surface area contributed by atoms with Crippen molar-refractivity contribution in [3.05, 3.63) is 43.4 Å². The van der Waals surface area contributed by atoms with Crippen LogP contribution in [0.1, 0.15) is 34.8 Å². The van der Waals surface area contributed by atoms with Gasteiger partial charge in [0.25, 0.3) is 0 Å². The number of nitrogens with zero attached hydrogens (tertiary/aromatic N) is 3. The zero-order valence-electron chi connectivity index (χ0n) is 12.4. The predicted octanol–water partition coefficient (Wildman–Crippen LogP) is 1.63. The lowest BCUT2D eigenvalue weighted by molar-refractivity contribution is -0.954. The Labute approximate surface area is 127 Å². The minimum absolute atomic E-state index is 0.148. The summed E-state index contributed by atoms with van der Waals surface area (Å²) in [5.41, 5.74) is 2.71. The molecule has 1 aliphatic heterocycles. The smallest absolute Gasteiger partial charge is 0.310 e. The third kappa shape index (κ3) is 2.36. The van der Waals surface area contributed by atoms with Crippen LogP contribution in [-0.4, -0.2) is 21.2 Å². The molecule has 0 saturated carbocycles. The van der Waals surface area contributed by atoms with E-state index < -0.39 is 0 Å². The first-order valence-electron chi connectivity index (χ1n) is 7.08. The summed E-state index contributed by atoms with van der Waals surface area (Å²) in [6, 6.07) is 2.61. The fourth-order valence-corrected chi connectivity index (χ4v) is 4.14. The van der Waals surface area contributed by atoms with Gasteiger partial charge < -0.3 is 4.90 Å². The third-order valence-corrected chi connectivity index (χ3v) is 5.41. The summed E-state index contributed by atoms with van der Waals surface area (Å²) in [5.74, 6) is 0. The monoisotopic (exact) mass is 307 g/mol. The first-order chi connectivity index (χ1) is 9.99. The third-order valence-electron chi connectivity index (χ3n) is 4.41. The van der Waals surface area contributed by atoms with Gasteiger partial charge in [0, 0.05) is 16.9 Å². The van der Waals surface area contributed by atoms with Crippen molar-refractivity contribution in [2.75, 3.05) is 6.54 Å². The van der Waals surface area contributed by atoms with Crippen molar-refractivity contribution in [2.24, 2.45) is 0 Å². The summed E-state index contributed by atoms with van der Waals surface area (Å²) >= 11 is 1.83. The van der Waals surface area contributed by atoms with Crippen molar-refractivity contribution in [1.82, 2.24) is 9.78 Å². The van der Waals surface area contributed by atoms with E-state index in [4.69, 9.17) is 0 Å². The molecule has 0 bridgehead atoms. The Bertz CT molecular complexity index is 691. The summed E-state index contributed by atoms with van der Waals surface area (Å²) in [4.78, 5) is 13.6. The highest BCUT2D eigenvalue weighted by molar-refractivity contribution is 7.10. The molecule has 0 aliphatic carbocycles. The molecule has 112 valence electrons. The molecule has 0 aromatic carbocycles. The second kappa shape index (κ2) is 5.23. The SMILES string of the molecule is Cc1nn(C[NH+]2CCc3sccc3[C@@H]2C)c(C)c1[N+](=O)[O-]. The second-order valence-electron chi connectivity index (χ2n) is 5.61. The van der Waals surface area contributed by atoms with Crippen molar-refractivity contribution in [3.63, 3.8) is 0 Å². The van der Waals surface area contributed by atoms with E-state index in [2.05, 4.69) is 23.5 Å². The maximum absolute atomic E-state index is 11.1. The molecule has 0 radical (unpaired) electrons. The molecule has 7 heteroatoms. The average Bonchev–Trinajstić information content (AvgIpc) is 2.99. The lowest BCUT2D eigenvalue weighted by Gasteiger charge is -2.30. The van der Waals surface area contributed by atoms with Gasteiger partial charge in [-0.3, -0.25) is 10.1 Å². The maximum atomic E-state index is 11.1. The molecule has 2 aromatic heterocycles. The van der Waals surface area contributed by atoms with Crippen molar-refractivity contribution in [2.45, 2.75) is 39.9 Å². The number of hydrogen-bond donors (Lipinski definition) is 1. The summed E-state index contributed by atoms with van der Waals surface area (Å²) in [6.07, 6.45) is 1.08. The molecule has 3 rings (SSSR count). The number of thiophene rings is 1. The minimum Gasteiger partial charge on any atom is -0.310 e. The van der Waals surface area contributed by atoms with Crippen LogP contribution in [0.3, 0.4) is 0 Å². The Kier molecular flexibility index (Phi) is 3.54. The van der Waals surface area contributed by atoms with Crippen LogP contribution in [0.5, 0.6) is 0 Å². The van der Waals surface area contributed by atoms with Crippen molar-refractivity contribution >= 4 is 17.0 Å². The first-order valence-corrected chi connectivity index (χ1v) is 7.96. The molecule has 0 amide bonds. The number of nitrogens with one attached hydrogen (secondary N) is 1. The maximum Gasteiger partial charge on any atom is 0.312 e. The summed E-state index contributed by atoms with van der Waals surface area (Å²) in [5, 5.41) is 17.6. The van der Waals surface area contributed by atoms with Gasteiger partial charge in [-0.1, -0.05) is 0 Å². The summed E-state index contributed by atoms with van der Waals surface area (Å²) in [6.45, 7) is 7.42. The molecule has 2 atom stereocenters. The average molecular weight is 307 g/mol. The molecule has 0 spiro atoms. The molecular weight excluding hydrogens is 288 g/mol. The lowest BCUT2D eigenvalue weighted by atomic mass is 10.0. The molecule has 0 fully saturated rings. The highest BCUT2D eigenvalue weighted by Crippen LogP contribution is 2.25. The Hall–Kier alpha value is -1.73. The molecule has 3 heterocycles. The fraction of sp³-hybridized carbons (Fsp3) is 0.500. The quantitative estimate of drug-likeness (QED) is 0.692. The fourth-order valence-electron chi connectivity index (χ4n) is 3.16. The van der Waals surface area contributed by atoms with E-state index in [1.165, 1.54) is 15.3 Å². The van der Waals surface area contributed by atoms with Crippen LogP contribution in [-0.2, 0) is 13.1 Å². The van der Waals surface area contributed by atoms with E-state index in [1.807, 2.05) is 11.3 Å². The van der Waals surface area contributed by atoms with Gasteiger partial charge in [-0.2, -0.15) is 5.10 Å². The van der Waals surface area contributed by atoms with Crippen LogP contribution >= 0.6 is 11.3 Å². The summed E-state index contributed by atoms with van der Waals surface area (Å²) < 4.78 is 1.79. The van der Waals surface area contributed by atoms with E-state index in [0.717, 1.165) is 13.0 Å². The van der Waals surface area contributed by atoms with Crippen molar-refractivity contribution in [1.29, 1.82) is 0 Å². The van der Waals surface area contributed by atoms with Crippen LogP contribution in [0.4, 0.5) is 5.69 Å². The number of hydrogen-bond acceptors (Lipinski definition) is 4. The Morgan fingerprint density at radius 3 is 3.00 bits per heavy atom. The molecule has 1 aliphatic rings. The van der Waals surface area contributed by atoms with Crippen LogP contribution in [0.2, 0.25) is 0 Å². The zero-order chi connectivity index (χ0) is 15.1. The molecule has 1 unspecified atom stereocenters. The standard InChI is InChI=1S/C14H18N4O2S/c1-9-14(18(19)20)11(3)17(15-9)8-16-6-4-13-12(10(16)2)5-7-21-13/h5,7,10H,4,6,8H2,1-3H3/p+1/t10-/m0/s1. The highest BCUT2D eigenvalue weighted by Gasteiger charge is 2.30. The van der Waals surface area contributed by atoms with Crippen LogP contribution in [0.15, 0.2) is 11.4 Å². The van der Waals surface area contributed by atoms with E-state index in [-0.39, 0.29) is 10.6 Å². The van der Waals surface area contributed by atoms with E-state index in [1.54, 1.807) is 18.5 Å². The van der Waals surface area contributed by atoms with Crippen LogP contribution in [0.25, 0.3) is 0 Å². The Morgan fingerprint density at radius 2 is 2.33 bits per heavy atom. The highest BCUT2D eigenvalue weighted by atomic mass is 32.1. The van der Waals surface area contributed by atoms with Crippen LogP contribution in [0, 0.1) is 24.0 Å². The Morgan fingerprint density at radius 1 is 1.57 bits per heavy atom. The van der Waals surface area contributed by atoms with Crippen molar-refractivity contribution in [3.8, 4) is 0 Å². The van der Waals surface area contributed by atoms with Crippen molar-refractivity contribution < 1.29 is 9.82 Å². The molecular formula is C14H19N4O2S+. The van der Waals surface area contributed by atoms with Crippen LogP contribution < -0.4 is 4.90 Å². The minimum atomic E-state index is -0.333. The number of nitro groups is 1. The van der Waals surface area contributed by atoms with Gasteiger partial charge >= 0.3 is 5.69 Å². The number of aryl methyl sites for hydroxylation is 1. The molecule has 6 nitrogen and oxygen atoms in total.